The maximum Gasteiger partial charge on any atom is 0.322 e. The second kappa shape index (κ2) is 23.3. The van der Waals surface area contributed by atoms with Crippen LogP contribution in [0.15, 0.2) is 48.5 Å². The standard InChI is InChI=1S/C10H11ClN2O2S.C10H14N2S.3C2H6/c1-6-2-3-7(11)4-8(6)13-10(16)12-5-9(14)15;1-11(2)10(13)12(3)9-7-5-4-6-8-9;3*1-2/h2-4H,5H2,1H3,(H,14,15)(H2,12,13,16);4-8H,1-3H3;3*1-2H3. The van der Waals surface area contributed by atoms with Crippen LogP contribution < -0.4 is 15.5 Å². The highest BCUT2D eigenvalue weighted by molar-refractivity contribution is 7.80. The van der Waals surface area contributed by atoms with E-state index in [2.05, 4.69) is 10.6 Å². The number of aliphatic carboxylic acids is 1. The van der Waals surface area contributed by atoms with E-state index < -0.39 is 5.97 Å². The van der Waals surface area contributed by atoms with E-state index in [4.69, 9.17) is 41.1 Å². The number of nitrogens with one attached hydrogen (secondary N) is 2. The number of aryl methyl sites for hydroxylation is 1. The van der Waals surface area contributed by atoms with E-state index in [0.29, 0.717) is 5.02 Å². The van der Waals surface area contributed by atoms with Crippen molar-refractivity contribution in [3.63, 3.8) is 0 Å². The molecule has 35 heavy (non-hydrogen) atoms. The van der Waals surface area contributed by atoms with Gasteiger partial charge in [-0.15, -0.1) is 0 Å². The third-order valence-electron chi connectivity index (χ3n) is 3.66. The van der Waals surface area contributed by atoms with Gasteiger partial charge in [-0.3, -0.25) is 4.79 Å². The maximum absolute atomic E-state index is 10.3. The van der Waals surface area contributed by atoms with Crippen LogP contribution in [0, 0.1) is 6.92 Å². The Morgan fingerprint density at radius 2 is 1.46 bits per heavy atom. The molecule has 0 aromatic heterocycles. The van der Waals surface area contributed by atoms with Gasteiger partial charge in [-0.1, -0.05) is 77.4 Å². The van der Waals surface area contributed by atoms with Crippen LogP contribution in [0.2, 0.25) is 5.02 Å². The molecule has 0 aliphatic heterocycles. The highest BCUT2D eigenvalue weighted by atomic mass is 35.5. The topological polar surface area (TPSA) is 67.8 Å². The lowest BCUT2D eigenvalue weighted by molar-refractivity contribution is -0.135. The molecule has 3 N–H and O–H groups in total. The summed E-state index contributed by atoms with van der Waals surface area (Å²) in [5, 5.41) is 15.6. The predicted molar refractivity (Wildman–Crippen MR) is 163 cm³/mol. The van der Waals surface area contributed by atoms with Crippen molar-refractivity contribution >= 4 is 63.6 Å². The number of hydrogen-bond donors (Lipinski definition) is 3. The number of carboxylic acid groups (broad SMARTS) is 1. The summed E-state index contributed by atoms with van der Waals surface area (Å²) in [7, 11) is 5.86. The molecule has 0 radical (unpaired) electrons. The number of halogens is 1. The largest absolute Gasteiger partial charge is 0.480 e. The summed E-state index contributed by atoms with van der Waals surface area (Å²) in [6.45, 7) is 13.7. The molecule has 0 aliphatic rings. The number of anilines is 2. The molecule has 2 rings (SSSR count). The molecule has 0 atom stereocenters. The van der Waals surface area contributed by atoms with Crippen molar-refractivity contribution in [3.8, 4) is 0 Å². The Kier molecular flexibility index (Phi) is 24.8. The number of benzene rings is 2. The fourth-order valence-electron chi connectivity index (χ4n) is 2.11. The average Bonchev–Trinajstić information content (AvgIpc) is 2.88. The average molecular weight is 543 g/mol. The van der Waals surface area contributed by atoms with Gasteiger partial charge in [0.25, 0.3) is 0 Å². The van der Waals surface area contributed by atoms with Gasteiger partial charge >= 0.3 is 5.97 Å². The molecule has 2 aromatic rings. The lowest BCUT2D eigenvalue weighted by Crippen LogP contribution is -2.35. The van der Waals surface area contributed by atoms with Gasteiger partial charge < -0.3 is 25.5 Å². The summed E-state index contributed by atoms with van der Waals surface area (Å²) >= 11 is 16.0. The second-order valence-electron chi connectivity index (χ2n) is 6.23. The van der Waals surface area contributed by atoms with E-state index in [9.17, 15) is 4.79 Å². The summed E-state index contributed by atoms with van der Waals surface area (Å²) in [5.41, 5.74) is 2.85. The molecule has 0 unspecified atom stereocenters. The molecule has 0 amide bonds. The monoisotopic (exact) mass is 542 g/mol. The lowest BCUT2D eigenvalue weighted by atomic mass is 10.2. The van der Waals surface area contributed by atoms with E-state index in [-0.39, 0.29) is 11.7 Å². The van der Waals surface area contributed by atoms with Crippen LogP contribution >= 0.6 is 36.0 Å². The van der Waals surface area contributed by atoms with Gasteiger partial charge in [0, 0.05) is 37.5 Å². The first-order chi connectivity index (χ1) is 16.6. The van der Waals surface area contributed by atoms with Gasteiger partial charge in [0.2, 0.25) is 0 Å². The minimum absolute atomic E-state index is 0.217. The van der Waals surface area contributed by atoms with Crippen molar-refractivity contribution in [3.05, 3.63) is 59.1 Å². The maximum atomic E-state index is 10.3. The molecule has 0 saturated heterocycles. The number of para-hydroxylation sites is 1. The van der Waals surface area contributed by atoms with E-state index in [1.165, 1.54) is 0 Å². The van der Waals surface area contributed by atoms with E-state index in [1.807, 2.05) is 116 Å². The third kappa shape index (κ3) is 17.6. The van der Waals surface area contributed by atoms with Crippen molar-refractivity contribution in [1.29, 1.82) is 0 Å². The van der Waals surface area contributed by atoms with Gasteiger partial charge in [0.05, 0.1) is 0 Å². The SMILES string of the molecule is CC.CC.CC.CN(C)C(=S)N(C)c1ccccc1.Cc1ccc(Cl)cc1NC(=S)NCC(=O)O. The Balaban J connectivity index is -0.000000488. The Morgan fingerprint density at radius 3 is 1.91 bits per heavy atom. The minimum Gasteiger partial charge on any atom is -0.480 e. The highest BCUT2D eigenvalue weighted by Gasteiger charge is 2.07. The molecule has 0 fully saturated rings. The smallest absolute Gasteiger partial charge is 0.322 e. The number of rotatable bonds is 4. The first-order valence-corrected chi connectivity index (χ1v) is 12.8. The highest BCUT2D eigenvalue weighted by Crippen LogP contribution is 2.19. The number of thiocarbonyl (C=S) groups is 2. The molecule has 0 saturated carbocycles. The van der Waals surface area contributed by atoms with Crippen LogP contribution in [-0.4, -0.2) is 53.9 Å². The van der Waals surface area contributed by atoms with Gasteiger partial charge in [-0.25, -0.2) is 0 Å². The van der Waals surface area contributed by atoms with Gasteiger partial charge in [0.1, 0.15) is 6.54 Å². The fraction of sp³-hybridized carbons (Fsp3) is 0.423. The zero-order valence-electron chi connectivity index (χ0n) is 22.8. The normalized spacial score (nSPS) is 8.43. The summed E-state index contributed by atoms with van der Waals surface area (Å²) < 4.78 is 0. The molecule has 2 aromatic carbocycles. The van der Waals surface area contributed by atoms with E-state index in [1.54, 1.807) is 12.1 Å². The summed E-state index contributed by atoms with van der Waals surface area (Å²) in [6, 6.07) is 15.4. The van der Waals surface area contributed by atoms with Crippen molar-refractivity contribution in [1.82, 2.24) is 10.2 Å². The molecule has 9 heteroatoms. The molecule has 0 heterocycles. The van der Waals surface area contributed by atoms with Crippen molar-refractivity contribution in [2.45, 2.75) is 48.5 Å². The first-order valence-electron chi connectivity index (χ1n) is 11.6. The van der Waals surface area contributed by atoms with Gasteiger partial charge in [-0.2, -0.15) is 0 Å². The van der Waals surface area contributed by atoms with E-state index in [0.717, 1.165) is 22.1 Å². The second-order valence-corrected chi connectivity index (χ2v) is 7.44. The Morgan fingerprint density at radius 1 is 0.943 bits per heavy atom. The zero-order valence-corrected chi connectivity index (χ0v) is 25.2. The summed E-state index contributed by atoms with van der Waals surface area (Å²) in [5.74, 6) is -0.966. The number of hydrogen-bond acceptors (Lipinski definition) is 3. The van der Waals surface area contributed by atoms with Crippen LogP contribution in [-0.2, 0) is 4.79 Å². The quantitative estimate of drug-likeness (QED) is 0.354. The summed E-state index contributed by atoms with van der Waals surface area (Å²) in [4.78, 5) is 14.2. The third-order valence-corrected chi connectivity index (χ3v) is 4.78. The van der Waals surface area contributed by atoms with Crippen LogP contribution in [0.25, 0.3) is 0 Å². The van der Waals surface area contributed by atoms with Crippen LogP contribution in [0.1, 0.15) is 47.1 Å². The van der Waals surface area contributed by atoms with Crippen molar-refractivity contribution < 1.29 is 9.90 Å². The predicted octanol–water partition coefficient (Wildman–Crippen LogP) is 7.07. The van der Waals surface area contributed by atoms with Crippen LogP contribution in [0.4, 0.5) is 11.4 Å². The molecule has 0 bridgehead atoms. The van der Waals surface area contributed by atoms with Crippen molar-refractivity contribution in [2.75, 3.05) is 37.9 Å². The first kappa shape index (κ1) is 37.1. The molecular formula is C26H43ClN4O2S2. The minimum atomic E-state index is -0.966. The van der Waals surface area contributed by atoms with Gasteiger partial charge in [0.15, 0.2) is 10.2 Å². The van der Waals surface area contributed by atoms with Gasteiger partial charge in [-0.05, 0) is 61.2 Å². The molecule has 0 aliphatic carbocycles. The van der Waals surface area contributed by atoms with Crippen LogP contribution in [0.5, 0.6) is 0 Å². The Labute approximate surface area is 228 Å². The number of nitrogens with zero attached hydrogens (tertiary/aromatic N) is 2. The summed E-state index contributed by atoms with van der Waals surface area (Å²) in [6.07, 6.45) is 0. The van der Waals surface area contributed by atoms with E-state index >= 15 is 0 Å². The Bertz CT molecular complexity index is 851. The molecule has 6 nitrogen and oxygen atoms in total. The zero-order chi connectivity index (χ0) is 28.0. The van der Waals surface area contributed by atoms with Crippen LogP contribution in [0.3, 0.4) is 0 Å². The Hall–Kier alpha value is -2.42. The molecule has 0 spiro atoms. The number of carboxylic acids is 1. The fourth-order valence-corrected chi connectivity index (χ4v) is 2.57. The van der Waals surface area contributed by atoms with Crippen molar-refractivity contribution in [2.24, 2.45) is 0 Å². The molecular weight excluding hydrogens is 500 g/mol. The number of carbonyl (C=O) groups is 1. The molecule has 198 valence electrons. The lowest BCUT2D eigenvalue weighted by Gasteiger charge is -2.25.